The Morgan fingerprint density at radius 3 is 2.22 bits per heavy atom. The van der Waals surface area contributed by atoms with Gasteiger partial charge in [0.1, 0.15) is 0 Å². The minimum Gasteiger partial charge on any atom is -0.336 e. The number of benzene rings is 1. The predicted octanol–water partition coefficient (Wildman–Crippen LogP) is 4.04. The Labute approximate surface area is 164 Å². The highest BCUT2D eigenvalue weighted by Gasteiger charge is 2.18. The maximum absolute atomic E-state index is 12.3. The number of carbonyl (C=O) groups is 3. The molecule has 5 nitrogen and oxygen atoms in total. The lowest BCUT2D eigenvalue weighted by atomic mass is 10.1. The van der Waals surface area contributed by atoms with Crippen molar-refractivity contribution in [1.29, 1.82) is 0 Å². The molecule has 1 aromatic heterocycles. The molecule has 0 aliphatic rings. The lowest BCUT2D eigenvalue weighted by molar-refractivity contribution is -0.133. The van der Waals surface area contributed by atoms with Crippen LogP contribution in [0.1, 0.15) is 44.1 Å². The number of nitrogens with one attached hydrogen (secondary N) is 1. The first-order valence-corrected chi connectivity index (χ1v) is 9.71. The molecule has 1 aromatic carbocycles. The normalized spacial score (nSPS) is 10.6. The Balaban J connectivity index is 1.87. The van der Waals surface area contributed by atoms with E-state index < -0.39 is 0 Å². The molecule has 1 heterocycles. The number of Topliss-reactive ketones (excluding diaryl/α,β-unsaturated/α-hetero) is 1. The van der Waals surface area contributed by atoms with E-state index in [-0.39, 0.29) is 37.0 Å². The van der Waals surface area contributed by atoms with Crippen LogP contribution in [-0.2, 0) is 9.59 Å². The van der Waals surface area contributed by atoms with Crippen molar-refractivity contribution in [3.63, 3.8) is 0 Å². The van der Waals surface area contributed by atoms with Gasteiger partial charge in [0.05, 0.1) is 6.54 Å². The van der Waals surface area contributed by atoms with Gasteiger partial charge < -0.3 is 10.2 Å². The fourth-order valence-corrected chi connectivity index (χ4v) is 3.89. The summed E-state index contributed by atoms with van der Waals surface area (Å²) in [4.78, 5) is 40.3. The number of hydrogen-bond donors (Lipinski definition) is 1. The maximum atomic E-state index is 12.3. The van der Waals surface area contributed by atoms with E-state index in [4.69, 9.17) is 0 Å². The van der Waals surface area contributed by atoms with Gasteiger partial charge in [-0.2, -0.15) is 0 Å². The molecule has 0 aliphatic heterocycles. The average molecular weight is 387 g/mol. The predicted molar refractivity (Wildman–Crippen MR) is 110 cm³/mol. The number of aryl methyl sites for hydroxylation is 4. The van der Waals surface area contributed by atoms with Crippen molar-refractivity contribution in [2.24, 2.45) is 0 Å². The Bertz CT molecular complexity index is 850. The molecule has 0 unspecified atom stereocenters. The molecule has 144 valence electrons. The molecular formula is C21H26N2O3S. The number of anilines is 1. The molecule has 1 N–H and O–H groups in total. The summed E-state index contributed by atoms with van der Waals surface area (Å²) in [5.41, 5.74) is 3.43. The van der Waals surface area contributed by atoms with Crippen molar-refractivity contribution in [3.8, 4) is 0 Å². The Kier molecular flexibility index (Phi) is 6.91. The van der Waals surface area contributed by atoms with Gasteiger partial charge in [0, 0.05) is 40.9 Å². The minimum atomic E-state index is -0.251. The first-order valence-electron chi connectivity index (χ1n) is 8.89. The monoisotopic (exact) mass is 386 g/mol. The zero-order valence-corrected chi connectivity index (χ0v) is 17.3. The number of carbonyl (C=O) groups excluding carboxylic acids is 3. The second-order valence-electron chi connectivity index (χ2n) is 6.81. The van der Waals surface area contributed by atoms with Gasteiger partial charge in [0.25, 0.3) is 0 Å². The summed E-state index contributed by atoms with van der Waals surface area (Å²) in [6, 6.07) is 7.66. The molecule has 0 spiro atoms. The van der Waals surface area contributed by atoms with Crippen LogP contribution >= 0.6 is 11.3 Å². The highest BCUT2D eigenvalue weighted by Crippen LogP contribution is 2.22. The van der Waals surface area contributed by atoms with E-state index in [1.54, 1.807) is 18.4 Å². The molecule has 2 aromatic rings. The van der Waals surface area contributed by atoms with Gasteiger partial charge in [-0.25, -0.2) is 0 Å². The van der Waals surface area contributed by atoms with Crippen LogP contribution in [0, 0.1) is 27.7 Å². The molecule has 0 fully saturated rings. The van der Waals surface area contributed by atoms with Crippen molar-refractivity contribution >= 4 is 34.6 Å². The summed E-state index contributed by atoms with van der Waals surface area (Å²) in [5.74, 6) is -0.498. The fraction of sp³-hybridized carbons (Fsp3) is 0.381. The number of hydrogen-bond acceptors (Lipinski definition) is 4. The molecule has 0 bridgehead atoms. The lowest BCUT2D eigenvalue weighted by Crippen LogP contribution is -2.35. The highest BCUT2D eigenvalue weighted by molar-refractivity contribution is 7.12. The third-order valence-corrected chi connectivity index (χ3v) is 5.43. The van der Waals surface area contributed by atoms with Crippen LogP contribution in [0.5, 0.6) is 0 Å². The second kappa shape index (κ2) is 8.95. The summed E-state index contributed by atoms with van der Waals surface area (Å²) >= 11 is 1.58. The largest absolute Gasteiger partial charge is 0.336 e. The van der Waals surface area contributed by atoms with Crippen LogP contribution in [0.15, 0.2) is 24.3 Å². The van der Waals surface area contributed by atoms with Crippen LogP contribution in [0.3, 0.4) is 0 Å². The van der Waals surface area contributed by atoms with Crippen molar-refractivity contribution in [1.82, 2.24) is 4.90 Å². The zero-order chi connectivity index (χ0) is 20.1. The molecule has 27 heavy (non-hydrogen) atoms. The number of rotatable bonds is 7. The molecule has 0 atom stereocenters. The van der Waals surface area contributed by atoms with Gasteiger partial charge in [-0.15, -0.1) is 11.3 Å². The SMILES string of the molecule is Cc1cc(C(=O)CCC(=O)N(C)CC(=O)Nc2c(C)cccc2C)c(C)s1. The van der Waals surface area contributed by atoms with Crippen molar-refractivity contribution in [2.75, 3.05) is 18.9 Å². The van der Waals surface area contributed by atoms with E-state index >= 15 is 0 Å². The van der Waals surface area contributed by atoms with Gasteiger partial charge in [-0.05, 0) is 44.9 Å². The first kappa shape index (κ1) is 20.8. The highest BCUT2D eigenvalue weighted by atomic mass is 32.1. The van der Waals surface area contributed by atoms with Crippen molar-refractivity contribution in [2.45, 2.75) is 40.5 Å². The van der Waals surface area contributed by atoms with E-state index in [1.165, 1.54) is 4.90 Å². The average Bonchev–Trinajstić information content (AvgIpc) is 2.94. The summed E-state index contributed by atoms with van der Waals surface area (Å²) in [7, 11) is 1.58. The quantitative estimate of drug-likeness (QED) is 0.730. The molecule has 0 saturated heterocycles. The molecular weight excluding hydrogens is 360 g/mol. The third-order valence-electron chi connectivity index (χ3n) is 4.46. The number of nitrogens with zero attached hydrogens (tertiary/aromatic N) is 1. The third kappa shape index (κ3) is 5.50. The minimum absolute atomic E-state index is 0.0291. The maximum Gasteiger partial charge on any atom is 0.243 e. The molecule has 2 amide bonds. The number of amides is 2. The van der Waals surface area contributed by atoms with E-state index in [1.807, 2.05) is 52.0 Å². The van der Waals surface area contributed by atoms with Gasteiger partial charge in [0.2, 0.25) is 11.8 Å². The van der Waals surface area contributed by atoms with Gasteiger partial charge >= 0.3 is 0 Å². The van der Waals surface area contributed by atoms with Gasteiger partial charge in [0.15, 0.2) is 5.78 Å². The van der Waals surface area contributed by atoms with Crippen molar-refractivity contribution < 1.29 is 14.4 Å². The first-order chi connectivity index (χ1) is 12.7. The van der Waals surface area contributed by atoms with Crippen LogP contribution in [0.4, 0.5) is 5.69 Å². The molecule has 0 saturated carbocycles. The number of para-hydroxylation sites is 1. The van der Waals surface area contributed by atoms with Gasteiger partial charge in [-0.1, -0.05) is 18.2 Å². The van der Waals surface area contributed by atoms with Crippen molar-refractivity contribution in [3.05, 3.63) is 50.7 Å². The summed E-state index contributed by atoms with van der Waals surface area (Å²) in [6.07, 6.45) is 0.249. The Hall–Kier alpha value is -2.47. The molecule has 6 heteroatoms. The zero-order valence-electron chi connectivity index (χ0n) is 16.5. The van der Waals surface area contributed by atoms with Crippen LogP contribution in [-0.4, -0.2) is 36.1 Å². The molecule has 2 rings (SSSR count). The summed E-state index contributed by atoms with van der Waals surface area (Å²) in [6.45, 7) is 7.69. The fourth-order valence-electron chi connectivity index (χ4n) is 2.95. The standard InChI is InChI=1S/C21H26N2O3S/c1-13-7-6-8-14(2)21(13)22-19(25)12-23(5)20(26)10-9-18(24)17-11-15(3)27-16(17)4/h6-8,11H,9-10,12H2,1-5H3,(H,22,25). The molecule has 0 radical (unpaired) electrons. The second-order valence-corrected chi connectivity index (χ2v) is 8.28. The van der Waals surface area contributed by atoms with E-state index in [0.717, 1.165) is 26.6 Å². The number of ketones is 1. The summed E-state index contributed by atoms with van der Waals surface area (Å²) in [5, 5.41) is 2.87. The Morgan fingerprint density at radius 2 is 1.67 bits per heavy atom. The summed E-state index contributed by atoms with van der Waals surface area (Å²) < 4.78 is 0. The van der Waals surface area contributed by atoms with Crippen LogP contribution < -0.4 is 5.32 Å². The Morgan fingerprint density at radius 1 is 1.04 bits per heavy atom. The van der Waals surface area contributed by atoms with Crippen LogP contribution in [0.2, 0.25) is 0 Å². The van der Waals surface area contributed by atoms with E-state index in [9.17, 15) is 14.4 Å². The smallest absolute Gasteiger partial charge is 0.243 e. The van der Waals surface area contributed by atoms with E-state index in [2.05, 4.69) is 5.32 Å². The van der Waals surface area contributed by atoms with Gasteiger partial charge in [-0.3, -0.25) is 14.4 Å². The number of thiophene rings is 1. The topological polar surface area (TPSA) is 66.5 Å². The lowest BCUT2D eigenvalue weighted by Gasteiger charge is -2.18. The molecule has 0 aliphatic carbocycles. The van der Waals surface area contributed by atoms with Crippen LogP contribution in [0.25, 0.3) is 0 Å². The van der Waals surface area contributed by atoms with E-state index in [0.29, 0.717) is 5.56 Å². The number of likely N-dealkylation sites (N-methyl/N-ethyl adjacent to an activating group) is 1.